The molecule has 0 aliphatic carbocycles. The third-order valence-electron chi connectivity index (χ3n) is 4.20. The highest BCUT2D eigenvalue weighted by Gasteiger charge is 2.24. The molecule has 1 heterocycles. The molecular weight excluding hydrogens is 344 g/mol. The Kier molecular flexibility index (Phi) is 5.76. The zero-order valence-corrected chi connectivity index (χ0v) is 15.2. The molecule has 2 aromatic carbocycles. The Hall–Kier alpha value is -3.28. The van der Waals surface area contributed by atoms with Crippen molar-refractivity contribution in [3.63, 3.8) is 0 Å². The van der Waals surface area contributed by atoms with Gasteiger partial charge in [0.05, 0.1) is 5.69 Å². The Labute approximate surface area is 158 Å². The van der Waals surface area contributed by atoms with E-state index in [9.17, 15) is 9.59 Å². The molecule has 27 heavy (non-hydrogen) atoms. The topological polar surface area (TPSA) is 67.9 Å². The maximum Gasteiger partial charge on any atom is 0.265 e. The van der Waals surface area contributed by atoms with Gasteiger partial charge in [-0.25, -0.2) is 0 Å². The Morgan fingerprint density at radius 1 is 1.30 bits per heavy atom. The lowest BCUT2D eigenvalue weighted by Gasteiger charge is -2.28. The molecule has 0 saturated carbocycles. The van der Waals surface area contributed by atoms with Crippen LogP contribution in [0.25, 0.3) is 0 Å². The second-order valence-electron chi connectivity index (χ2n) is 6.10. The van der Waals surface area contributed by atoms with Crippen molar-refractivity contribution in [2.24, 2.45) is 0 Å². The molecule has 1 aliphatic rings. The highest BCUT2D eigenvalue weighted by molar-refractivity contribution is 5.99. The summed E-state index contributed by atoms with van der Waals surface area (Å²) in [7, 11) is 0. The third-order valence-corrected chi connectivity index (χ3v) is 4.20. The lowest BCUT2D eigenvalue weighted by molar-refractivity contribution is -0.121. The van der Waals surface area contributed by atoms with Crippen molar-refractivity contribution in [1.82, 2.24) is 0 Å². The number of carbonyl (C=O) groups excluding carboxylic acids is 2. The largest absolute Gasteiger partial charge is 0.484 e. The van der Waals surface area contributed by atoms with Crippen LogP contribution < -0.4 is 19.7 Å². The van der Waals surface area contributed by atoms with E-state index in [2.05, 4.69) is 18.8 Å². The van der Waals surface area contributed by atoms with Gasteiger partial charge in [-0.15, -0.1) is 6.58 Å². The number of ether oxygens (including phenoxy) is 2. The molecule has 6 heteroatoms. The molecule has 0 spiro atoms. The number of anilines is 2. The van der Waals surface area contributed by atoms with Gasteiger partial charge in [-0.05, 0) is 36.2 Å². The summed E-state index contributed by atoms with van der Waals surface area (Å²) < 4.78 is 11.0. The standard InChI is InChI=1S/C21H22N2O4/c1-3-11-23-18-10-7-16(12-19(18)27-14-21(23)25)22-20(24)13-26-17-8-5-15(4-2)6-9-17/h3,5-10,12H,1,4,11,13-14H2,2H3,(H,22,24). The lowest BCUT2D eigenvalue weighted by atomic mass is 10.2. The Bertz CT molecular complexity index is 846. The van der Waals surface area contributed by atoms with Crippen LogP contribution in [0.3, 0.4) is 0 Å². The number of nitrogens with zero attached hydrogens (tertiary/aromatic N) is 1. The second-order valence-corrected chi connectivity index (χ2v) is 6.10. The lowest BCUT2D eigenvalue weighted by Crippen LogP contribution is -2.38. The van der Waals surface area contributed by atoms with Crippen LogP contribution in [0.15, 0.2) is 55.1 Å². The van der Waals surface area contributed by atoms with Crippen molar-refractivity contribution in [1.29, 1.82) is 0 Å². The van der Waals surface area contributed by atoms with Crippen LogP contribution in [-0.2, 0) is 16.0 Å². The third kappa shape index (κ3) is 4.47. The highest BCUT2D eigenvalue weighted by atomic mass is 16.5. The van der Waals surface area contributed by atoms with Crippen LogP contribution in [0.2, 0.25) is 0 Å². The van der Waals surface area contributed by atoms with Gasteiger partial charge in [-0.2, -0.15) is 0 Å². The smallest absolute Gasteiger partial charge is 0.265 e. The molecule has 0 aromatic heterocycles. The van der Waals surface area contributed by atoms with Crippen molar-refractivity contribution < 1.29 is 19.1 Å². The summed E-state index contributed by atoms with van der Waals surface area (Å²) >= 11 is 0. The quantitative estimate of drug-likeness (QED) is 0.764. The monoisotopic (exact) mass is 366 g/mol. The summed E-state index contributed by atoms with van der Waals surface area (Å²) in [5, 5.41) is 2.78. The number of benzene rings is 2. The number of hydrogen-bond donors (Lipinski definition) is 1. The predicted molar refractivity (Wildman–Crippen MR) is 104 cm³/mol. The first-order chi connectivity index (χ1) is 13.1. The Morgan fingerprint density at radius 3 is 2.78 bits per heavy atom. The van der Waals surface area contributed by atoms with Crippen LogP contribution in [-0.4, -0.2) is 31.6 Å². The molecule has 1 aliphatic heterocycles. The van der Waals surface area contributed by atoms with Gasteiger partial charge in [0, 0.05) is 18.3 Å². The van der Waals surface area contributed by atoms with E-state index in [4.69, 9.17) is 9.47 Å². The summed E-state index contributed by atoms with van der Waals surface area (Å²) in [6, 6.07) is 12.8. The summed E-state index contributed by atoms with van der Waals surface area (Å²) in [5.41, 5.74) is 2.46. The average molecular weight is 366 g/mol. The van der Waals surface area contributed by atoms with Crippen molar-refractivity contribution in [2.45, 2.75) is 13.3 Å². The predicted octanol–water partition coefficient (Wildman–Crippen LogP) is 3.18. The fourth-order valence-corrected chi connectivity index (χ4v) is 2.78. The first-order valence-electron chi connectivity index (χ1n) is 8.80. The second kappa shape index (κ2) is 8.40. The van der Waals surface area contributed by atoms with Gasteiger partial charge in [-0.1, -0.05) is 25.1 Å². The van der Waals surface area contributed by atoms with E-state index in [1.165, 1.54) is 5.56 Å². The highest BCUT2D eigenvalue weighted by Crippen LogP contribution is 2.34. The molecular formula is C21H22N2O4. The minimum atomic E-state index is -0.274. The number of amides is 2. The Morgan fingerprint density at radius 2 is 2.07 bits per heavy atom. The maximum absolute atomic E-state index is 12.1. The van der Waals surface area contributed by atoms with Crippen LogP contribution in [0.4, 0.5) is 11.4 Å². The van der Waals surface area contributed by atoms with E-state index in [-0.39, 0.29) is 25.0 Å². The van der Waals surface area contributed by atoms with E-state index >= 15 is 0 Å². The molecule has 0 saturated heterocycles. The van der Waals surface area contributed by atoms with Crippen molar-refractivity contribution in [3.8, 4) is 11.5 Å². The fraction of sp³-hybridized carbons (Fsp3) is 0.238. The van der Waals surface area contributed by atoms with Gasteiger partial charge in [0.25, 0.3) is 11.8 Å². The molecule has 0 fully saturated rings. The van der Waals surface area contributed by atoms with Gasteiger partial charge in [0.2, 0.25) is 0 Å². The van der Waals surface area contributed by atoms with Gasteiger partial charge in [-0.3, -0.25) is 9.59 Å². The molecule has 0 unspecified atom stereocenters. The van der Waals surface area contributed by atoms with Gasteiger partial charge in [0.1, 0.15) is 11.5 Å². The molecule has 140 valence electrons. The number of aryl methyl sites for hydroxylation is 1. The fourth-order valence-electron chi connectivity index (χ4n) is 2.78. The van der Waals surface area contributed by atoms with Crippen LogP contribution in [0.5, 0.6) is 11.5 Å². The van der Waals surface area contributed by atoms with Crippen molar-refractivity contribution in [2.75, 3.05) is 30.0 Å². The molecule has 1 N–H and O–H groups in total. The number of fused-ring (bicyclic) bond motifs is 1. The first-order valence-corrected chi connectivity index (χ1v) is 8.80. The van der Waals surface area contributed by atoms with Gasteiger partial charge >= 0.3 is 0 Å². The van der Waals surface area contributed by atoms with E-state index in [0.29, 0.717) is 29.4 Å². The maximum atomic E-state index is 12.1. The zero-order valence-electron chi connectivity index (χ0n) is 15.2. The number of carbonyl (C=O) groups is 2. The van der Waals surface area contributed by atoms with Crippen molar-refractivity contribution in [3.05, 3.63) is 60.7 Å². The molecule has 6 nitrogen and oxygen atoms in total. The van der Waals surface area contributed by atoms with E-state index < -0.39 is 0 Å². The summed E-state index contributed by atoms with van der Waals surface area (Å²) in [5.74, 6) is 0.797. The minimum absolute atomic E-state index is 0.0326. The summed E-state index contributed by atoms with van der Waals surface area (Å²) in [6.45, 7) is 6.03. The average Bonchev–Trinajstić information content (AvgIpc) is 2.69. The zero-order chi connectivity index (χ0) is 19.2. The van der Waals surface area contributed by atoms with E-state index in [1.54, 1.807) is 29.2 Å². The molecule has 3 rings (SSSR count). The number of nitrogens with one attached hydrogen (secondary N) is 1. The SMILES string of the molecule is C=CCN1C(=O)COc2cc(NC(=O)COc3ccc(CC)cc3)ccc21. The molecule has 0 radical (unpaired) electrons. The van der Waals surface area contributed by atoms with E-state index in [1.807, 2.05) is 24.3 Å². The summed E-state index contributed by atoms with van der Waals surface area (Å²) in [4.78, 5) is 25.7. The van der Waals surface area contributed by atoms with Gasteiger partial charge < -0.3 is 19.7 Å². The summed E-state index contributed by atoms with van der Waals surface area (Å²) in [6.07, 6.45) is 2.62. The first kappa shape index (κ1) is 18.5. The number of rotatable bonds is 7. The normalized spacial score (nSPS) is 12.8. The molecule has 2 amide bonds. The van der Waals surface area contributed by atoms with Crippen LogP contribution in [0.1, 0.15) is 12.5 Å². The van der Waals surface area contributed by atoms with Crippen LogP contribution in [0, 0.1) is 0 Å². The molecule has 2 aromatic rings. The minimum Gasteiger partial charge on any atom is -0.484 e. The Balaban J connectivity index is 1.61. The molecule has 0 atom stereocenters. The van der Waals surface area contributed by atoms with Crippen LogP contribution >= 0.6 is 0 Å². The van der Waals surface area contributed by atoms with Gasteiger partial charge in [0.15, 0.2) is 13.2 Å². The number of hydrogen-bond acceptors (Lipinski definition) is 4. The van der Waals surface area contributed by atoms with E-state index in [0.717, 1.165) is 6.42 Å². The molecule has 0 bridgehead atoms. The van der Waals surface area contributed by atoms with Crippen molar-refractivity contribution >= 4 is 23.2 Å².